The first-order chi connectivity index (χ1) is 27.3. The number of primary amides is 1. The lowest BCUT2D eigenvalue weighted by molar-refractivity contribution is 0.00180. The minimum Gasteiger partial charge on any atom is -0.494 e. The third-order valence-corrected chi connectivity index (χ3v) is 10.4. The molecule has 16 nitrogen and oxygen atoms in total. The number of rotatable bonds is 14. The van der Waals surface area contributed by atoms with Crippen LogP contribution < -0.4 is 25.8 Å². The first-order valence-electron chi connectivity index (χ1n) is 19.2. The maximum Gasteiger partial charge on any atom is 0.295 e. The summed E-state index contributed by atoms with van der Waals surface area (Å²) < 4.78 is 23.5. The molecule has 3 amide bonds. The molecule has 4 heterocycles. The molecule has 0 unspecified atom stereocenters. The Kier molecular flexibility index (Phi) is 11.2. The van der Waals surface area contributed by atoms with Gasteiger partial charge in [-0.2, -0.15) is 5.10 Å². The Balaban J connectivity index is 1.42. The molecule has 306 valence electrons. The molecule has 4 N–H and O–H groups in total. The SMILES string of the molecule is CCc1nc(C)oc1C(=O)Nc1nc2cc(C(N)=O)cc(OC)c2n1C/C=C/Cn1c(NC(=O)c2cc(C)nn2CC)nc2cc(C)cc(OC(C)(C)C(C)(C)C)c21. The lowest BCUT2D eigenvalue weighted by atomic mass is 9.79. The van der Waals surface area contributed by atoms with Crippen LogP contribution in [0.15, 0.2) is 46.9 Å². The van der Waals surface area contributed by atoms with E-state index < -0.39 is 17.4 Å². The van der Waals surface area contributed by atoms with Gasteiger partial charge < -0.3 is 28.8 Å². The smallest absolute Gasteiger partial charge is 0.295 e. The van der Waals surface area contributed by atoms with E-state index in [1.165, 1.54) is 13.2 Å². The highest BCUT2D eigenvalue weighted by Crippen LogP contribution is 2.39. The molecule has 6 rings (SSSR count). The predicted octanol–water partition coefficient (Wildman–Crippen LogP) is 7.15. The quantitative estimate of drug-likeness (QED) is 0.0952. The zero-order chi connectivity index (χ0) is 42.3. The van der Waals surface area contributed by atoms with Gasteiger partial charge in [0, 0.05) is 37.5 Å². The van der Waals surface area contributed by atoms with Gasteiger partial charge in [-0.25, -0.2) is 15.0 Å². The number of hydrogen-bond acceptors (Lipinski definition) is 10. The molecule has 4 aromatic heterocycles. The maximum atomic E-state index is 13.8. The first-order valence-corrected chi connectivity index (χ1v) is 19.2. The van der Waals surface area contributed by atoms with E-state index in [9.17, 15) is 14.4 Å². The van der Waals surface area contributed by atoms with Gasteiger partial charge in [0.15, 0.2) is 5.89 Å². The average Bonchev–Trinajstić information content (AvgIpc) is 3.91. The number of nitrogens with two attached hydrogens (primary N) is 1. The average molecular weight is 793 g/mol. The zero-order valence-electron chi connectivity index (χ0n) is 35.0. The van der Waals surface area contributed by atoms with Crippen molar-refractivity contribution >= 4 is 51.7 Å². The van der Waals surface area contributed by atoms with Crippen LogP contribution in [0.3, 0.4) is 0 Å². The summed E-state index contributed by atoms with van der Waals surface area (Å²) in [6.45, 7) is 20.8. The highest BCUT2D eigenvalue weighted by atomic mass is 16.5. The second-order valence-corrected chi connectivity index (χ2v) is 15.7. The normalized spacial score (nSPS) is 12.2. The van der Waals surface area contributed by atoms with Gasteiger partial charge in [-0.05, 0) is 76.9 Å². The molecule has 0 bridgehead atoms. The molecule has 0 saturated heterocycles. The number of methoxy groups -OCH3 is 1. The Morgan fingerprint density at radius 1 is 0.828 bits per heavy atom. The number of fused-ring (bicyclic) bond motifs is 2. The van der Waals surface area contributed by atoms with Crippen molar-refractivity contribution < 1.29 is 28.3 Å². The molecular weight excluding hydrogens is 741 g/mol. The number of nitrogens with zero attached hydrogens (tertiary/aromatic N) is 7. The van der Waals surface area contributed by atoms with Crippen LogP contribution in [0.1, 0.15) is 103 Å². The fourth-order valence-electron chi connectivity index (χ4n) is 6.48. The third kappa shape index (κ3) is 8.04. The zero-order valence-corrected chi connectivity index (χ0v) is 35.0. The molecule has 0 aliphatic rings. The van der Waals surface area contributed by atoms with Crippen molar-refractivity contribution in [1.29, 1.82) is 0 Å². The van der Waals surface area contributed by atoms with Crippen molar-refractivity contribution in [2.45, 2.75) is 101 Å². The van der Waals surface area contributed by atoms with Crippen molar-refractivity contribution in [3.05, 3.63) is 82.3 Å². The number of aryl methyl sites for hydroxylation is 5. The van der Waals surface area contributed by atoms with Gasteiger partial charge in [-0.3, -0.25) is 29.7 Å². The molecule has 58 heavy (non-hydrogen) atoms. The second kappa shape index (κ2) is 15.8. The number of amides is 3. The number of nitrogens with one attached hydrogen (secondary N) is 2. The number of imidazole rings is 2. The standard InChI is InChI=1S/C42H52N10O6/c1-12-27-35(57-25(5)44-27)38(55)48-40-46-29-21-26(36(43)53)22-31(56-11)33(29)50(40)16-14-15-17-51-34-28(18-23(3)19-32(34)58-42(9,10)41(6,7)8)45-39(51)47-37(54)30-20-24(4)49-52(30)13-2/h14-15,18-22H,12-13,16-17H2,1-11H3,(H2,43,53)(H,45,47,54)(H,46,48,55)/b15-14+. The number of allylic oxidation sites excluding steroid dienone is 2. The summed E-state index contributed by atoms with van der Waals surface area (Å²) in [7, 11) is 1.48. The molecule has 0 atom stereocenters. The minimum atomic E-state index is -0.654. The molecule has 0 aliphatic carbocycles. The van der Waals surface area contributed by atoms with Crippen LogP contribution >= 0.6 is 0 Å². The van der Waals surface area contributed by atoms with Crippen LogP contribution in [0.2, 0.25) is 0 Å². The van der Waals surface area contributed by atoms with Gasteiger partial charge in [0.2, 0.25) is 23.6 Å². The van der Waals surface area contributed by atoms with Gasteiger partial charge in [-0.15, -0.1) is 0 Å². The summed E-state index contributed by atoms with van der Waals surface area (Å²) in [4.78, 5) is 53.5. The van der Waals surface area contributed by atoms with Crippen molar-refractivity contribution in [3.63, 3.8) is 0 Å². The van der Waals surface area contributed by atoms with Gasteiger partial charge in [0.1, 0.15) is 33.8 Å². The highest BCUT2D eigenvalue weighted by Gasteiger charge is 2.36. The Bertz CT molecular complexity index is 2580. The van der Waals surface area contributed by atoms with Crippen LogP contribution in [0, 0.1) is 26.2 Å². The topological polar surface area (TPSA) is 199 Å². The molecule has 0 aliphatic heterocycles. The highest BCUT2D eigenvalue weighted by molar-refractivity contribution is 6.05. The van der Waals surface area contributed by atoms with Crippen LogP contribution in [0.5, 0.6) is 11.5 Å². The van der Waals surface area contributed by atoms with Gasteiger partial charge in [0.25, 0.3) is 11.8 Å². The second-order valence-electron chi connectivity index (χ2n) is 15.7. The number of benzene rings is 2. The lowest BCUT2D eigenvalue weighted by Crippen LogP contribution is -2.42. The van der Waals surface area contributed by atoms with Crippen molar-refractivity contribution in [2.75, 3.05) is 17.7 Å². The number of oxazole rings is 1. The largest absolute Gasteiger partial charge is 0.494 e. The third-order valence-electron chi connectivity index (χ3n) is 10.4. The molecule has 0 spiro atoms. The van der Waals surface area contributed by atoms with E-state index in [-0.39, 0.29) is 41.7 Å². The van der Waals surface area contributed by atoms with Crippen LogP contribution in [-0.4, -0.2) is 64.3 Å². The lowest BCUT2D eigenvalue weighted by Gasteiger charge is -2.39. The van der Waals surface area contributed by atoms with Crippen LogP contribution in [-0.2, 0) is 26.1 Å². The number of aromatic nitrogens is 7. The molecule has 0 fully saturated rings. The van der Waals surface area contributed by atoms with E-state index in [1.54, 1.807) is 28.3 Å². The number of hydrogen-bond donors (Lipinski definition) is 3. The van der Waals surface area contributed by atoms with Crippen molar-refractivity contribution in [2.24, 2.45) is 11.1 Å². The number of carbonyl (C=O) groups excluding carboxylic acids is 3. The van der Waals surface area contributed by atoms with E-state index >= 15 is 0 Å². The summed E-state index contributed by atoms with van der Waals surface area (Å²) in [6.07, 6.45) is 4.31. The van der Waals surface area contributed by atoms with E-state index in [1.807, 2.05) is 56.5 Å². The van der Waals surface area contributed by atoms with Crippen molar-refractivity contribution in [3.8, 4) is 11.5 Å². The summed E-state index contributed by atoms with van der Waals surface area (Å²) >= 11 is 0. The fraction of sp³-hybridized carbons (Fsp3) is 0.405. The Morgan fingerprint density at radius 3 is 2.00 bits per heavy atom. The molecule has 6 aromatic rings. The van der Waals surface area contributed by atoms with Crippen LogP contribution in [0.25, 0.3) is 22.1 Å². The van der Waals surface area contributed by atoms with E-state index in [2.05, 4.69) is 60.3 Å². The number of anilines is 2. The monoisotopic (exact) mass is 792 g/mol. The van der Waals surface area contributed by atoms with Crippen LogP contribution in [0.4, 0.5) is 11.9 Å². The molecule has 0 saturated carbocycles. The molecule has 16 heteroatoms. The van der Waals surface area contributed by atoms with E-state index in [4.69, 9.17) is 24.6 Å². The van der Waals surface area contributed by atoms with Crippen molar-refractivity contribution in [1.82, 2.24) is 33.9 Å². The van der Waals surface area contributed by atoms with E-state index in [0.717, 1.165) is 11.3 Å². The minimum absolute atomic E-state index is 0.0838. The summed E-state index contributed by atoms with van der Waals surface area (Å²) in [5.41, 5.74) is 9.91. The Morgan fingerprint density at radius 2 is 1.43 bits per heavy atom. The summed E-state index contributed by atoms with van der Waals surface area (Å²) in [6, 6.07) is 8.77. The Hall–Kier alpha value is -6.45. The summed E-state index contributed by atoms with van der Waals surface area (Å²) in [5, 5.41) is 10.4. The molecule has 2 aromatic carbocycles. The van der Waals surface area contributed by atoms with Gasteiger partial charge >= 0.3 is 0 Å². The first kappa shape index (κ1) is 41.2. The van der Waals surface area contributed by atoms with Gasteiger partial charge in [0.05, 0.1) is 29.5 Å². The number of ether oxygens (including phenoxy) is 2. The van der Waals surface area contributed by atoms with Gasteiger partial charge in [-0.1, -0.05) is 39.8 Å². The summed E-state index contributed by atoms with van der Waals surface area (Å²) in [5.74, 6) is 0.385. The molecular formula is C42H52N10O6. The maximum absolute atomic E-state index is 13.8. The predicted molar refractivity (Wildman–Crippen MR) is 222 cm³/mol. The Labute approximate surface area is 336 Å². The number of carbonyl (C=O) groups is 3. The molecule has 0 radical (unpaired) electrons. The van der Waals surface area contributed by atoms with E-state index in [0.29, 0.717) is 69.8 Å². The fourth-order valence-corrected chi connectivity index (χ4v) is 6.48.